The Morgan fingerprint density at radius 3 is 3.05 bits per heavy atom. The minimum absolute atomic E-state index is 0.0123. The number of halogens is 1. The number of nitrogens with zero attached hydrogens (tertiary/aromatic N) is 2. The predicted molar refractivity (Wildman–Crippen MR) is 78.1 cm³/mol. The van der Waals surface area contributed by atoms with Gasteiger partial charge in [-0.15, -0.1) is 0 Å². The zero-order valence-corrected chi connectivity index (χ0v) is 11.9. The number of anilines is 2. The molecule has 21 heavy (non-hydrogen) atoms. The Morgan fingerprint density at radius 1 is 1.48 bits per heavy atom. The number of hydrogen-bond acceptors (Lipinski definition) is 4. The van der Waals surface area contributed by atoms with Gasteiger partial charge in [0.15, 0.2) is 11.6 Å². The smallest absolute Gasteiger partial charge is 0.317 e. The molecule has 2 aliphatic rings. The summed E-state index contributed by atoms with van der Waals surface area (Å²) in [5, 5.41) is 2.83. The van der Waals surface area contributed by atoms with Gasteiger partial charge in [0.1, 0.15) is 0 Å². The third-order valence-corrected chi connectivity index (χ3v) is 3.95. The first-order valence-corrected chi connectivity index (χ1v) is 7.11. The van der Waals surface area contributed by atoms with Crippen LogP contribution in [0.2, 0.25) is 0 Å². The summed E-state index contributed by atoms with van der Waals surface area (Å²) in [5.74, 6) is -0.237. The molecule has 2 fully saturated rings. The molecule has 0 aliphatic carbocycles. The third kappa shape index (κ3) is 2.43. The first-order chi connectivity index (χ1) is 10.1. The van der Waals surface area contributed by atoms with E-state index >= 15 is 0 Å². The molecule has 6 nitrogen and oxygen atoms in total. The van der Waals surface area contributed by atoms with Crippen molar-refractivity contribution >= 4 is 17.4 Å². The number of piperazine rings is 1. The van der Waals surface area contributed by atoms with Crippen molar-refractivity contribution in [2.75, 3.05) is 43.4 Å². The molecule has 1 unspecified atom stereocenters. The second-order valence-electron chi connectivity index (χ2n) is 5.25. The molecule has 1 aromatic carbocycles. The van der Waals surface area contributed by atoms with Gasteiger partial charge in [0, 0.05) is 38.3 Å². The number of hydrogen-bond donors (Lipinski definition) is 2. The lowest BCUT2D eigenvalue weighted by Gasteiger charge is -2.38. The van der Waals surface area contributed by atoms with Crippen LogP contribution in [0.1, 0.15) is 6.92 Å². The van der Waals surface area contributed by atoms with E-state index in [0.29, 0.717) is 38.5 Å². The molecule has 2 heterocycles. The fourth-order valence-corrected chi connectivity index (χ4v) is 2.92. The van der Waals surface area contributed by atoms with Gasteiger partial charge in [-0.2, -0.15) is 0 Å². The van der Waals surface area contributed by atoms with Crippen molar-refractivity contribution in [3.05, 3.63) is 17.9 Å². The van der Waals surface area contributed by atoms with Gasteiger partial charge in [-0.1, -0.05) is 0 Å². The van der Waals surface area contributed by atoms with Crippen LogP contribution in [0, 0.1) is 5.82 Å². The number of carbonyl (C=O) groups is 1. The standard InChI is InChI=1S/C14H19FN4O2/c1-2-21-13-6-12(11(16)5-10(13)15)18-3-4-19-9(8-18)7-17-14(19)20/h5-6,9H,2-4,7-8,16H2,1H3,(H,17,20). The van der Waals surface area contributed by atoms with Crippen molar-refractivity contribution in [3.63, 3.8) is 0 Å². The number of benzene rings is 1. The zero-order chi connectivity index (χ0) is 15.0. The first-order valence-electron chi connectivity index (χ1n) is 7.11. The molecule has 114 valence electrons. The third-order valence-electron chi connectivity index (χ3n) is 3.95. The molecule has 7 heteroatoms. The second-order valence-corrected chi connectivity index (χ2v) is 5.25. The highest BCUT2D eigenvalue weighted by Gasteiger charge is 2.36. The molecule has 0 aromatic heterocycles. The zero-order valence-electron chi connectivity index (χ0n) is 11.9. The molecular weight excluding hydrogens is 275 g/mol. The van der Waals surface area contributed by atoms with Gasteiger partial charge in [0.2, 0.25) is 0 Å². The van der Waals surface area contributed by atoms with Crippen LogP contribution in [-0.2, 0) is 0 Å². The SMILES string of the molecule is CCOc1cc(N2CCN3C(=O)NCC3C2)c(N)cc1F. The number of carbonyl (C=O) groups excluding carboxylic acids is 1. The summed E-state index contributed by atoms with van der Waals surface area (Å²) in [6.45, 7) is 4.83. The summed E-state index contributed by atoms with van der Waals surface area (Å²) in [6, 6.07) is 3.06. The molecule has 1 aromatic rings. The lowest BCUT2D eigenvalue weighted by Crippen LogP contribution is -2.52. The van der Waals surface area contributed by atoms with E-state index in [2.05, 4.69) is 10.2 Å². The lowest BCUT2D eigenvalue weighted by molar-refractivity contribution is 0.197. The monoisotopic (exact) mass is 294 g/mol. The first kappa shape index (κ1) is 13.8. The minimum atomic E-state index is -0.450. The molecule has 2 saturated heterocycles. The second kappa shape index (κ2) is 5.31. The number of ether oxygens (including phenoxy) is 1. The van der Waals surface area contributed by atoms with E-state index in [9.17, 15) is 9.18 Å². The van der Waals surface area contributed by atoms with E-state index < -0.39 is 5.82 Å². The molecule has 3 rings (SSSR count). The average Bonchev–Trinajstić information content (AvgIpc) is 2.83. The number of amides is 2. The lowest BCUT2D eigenvalue weighted by atomic mass is 10.1. The molecule has 0 bridgehead atoms. The van der Waals surface area contributed by atoms with Crippen LogP contribution < -0.4 is 20.7 Å². The summed E-state index contributed by atoms with van der Waals surface area (Å²) in [4.78, 5) is 15.5. The molecule has 0 radical (unpaired) electrons. The number of fused-ring (bicyclic) bond motifs is 1. The topological polar surface area (TPSA) is 70.8 Å². The Labute approximate surface area is 122 Å². The molecule has 3 N–H and O–H groups in total. The summed E-state index contributed by atoms with van der Waals surface area (Å²) in [6.07, 6.45) is 0. The van der Waals surface area contributed by atoms with Crippen LogP contribution in [0.4, 0.5) is 20.6 Å². The predicted octanol–water partition coefficient (Wildman–Crippen LogP) is 1.02. The van der Waals surface area contributed by atoms with Crippen molar-refractivity contribution in [2.24, 2.45) is 0 Å². The molecule has 0 spiro atoms. The maximum atomic E-state index is 13.8. The average molecular weight is 294 g/mol. The minimum Gasteiger partial charge on any atom is -0.491 e. The van der Waals surface area contributed by atoms with Gasteiger partial charge in [0.25, 0.3) is 0 Å². The van der Waals surface area contributed by atoms with Gasteiger partial charge in [-0.3, -0.25) is 0 Å². The van der Waals surface area contributed by atoms with E-state index in [1.165, 1.54) is 6.07 Å². The Kier molecular flexibility index (Phi) is 3.48. The largest absolute Gasteiger partial charge is 0.491 e. The highest BCUT2D eigenvalue weighted by molar-refractivity contribution is 5.78. The summed E-state index contributed by atoms with van der Waals surface area (Å²) in [7, 11) is 0. The van der Waals surface area contributed by atoms with Crippen molar-refractivity contribution in [3.8, 4) is 5.75 Å². The highest BCUT2D eigenvalue weighted by Crippen LogP contribution is 2.32. The van der Waals surface area contributed by atoms with Gasteiger partial charge in [-0.05, 0) is 6.92 Å². The highest BCUT2D eigenvalue weighted by atomic mass is 19.1. The quantitative estimate of drug-likeness (QED) is 0.817. The summed E-state index contributed by atoms with van der Waals surface area (Å²) >= 11 is 0. The Balaban J connectivity index is 1.84. The number of nitrogens with one attached hydrogen (secondary N) is 1. The van der Waals surface area contributed by atoms with Gasteiger partial charge in [-0.25, -0.2) is 9.18 Å². The Hall–Kier alpha value is -2.18. The van der Waals surface area contributed by atoms with Crippen LogP contribution in [0.5, 0.6) is 5.75 Å². The van der Waals surface area contributed by atoms with Crippen molar-refractivity contribution in [1.82, 2.24) is 10.2 Å². The van der Waals surface area contributed by atoms with E-state index in [1.807, 2.05) is 11.8 Å². The summed E-state index contributed by atoms with van der Waals surface area (Å²) in [5.41, 5.74) is 7.10. The molecule has 1 atom stereocenters. The van der Waals surface area contributed by atoms with Crippen molar-refractivity contribution < 1.29 is 13.9 Å². The van der Waals surface area contributed by atoms with Crippen molar-refractivity contribution in [1.29, 1.82) is 0 Å². The van der Waals surface area contributed by atoms with Crippen molar-refractivity contribution in [2.45, 2.75) is 13.0 Å². The number of urea groups is 1. The number of nitrogens with two attached hydrogens (primary N) is 1. The molecule has 2 amide bonds. The van der Waals surface area contributed by atoms with Gasteiger partial charge >= 0.3 is 6.03 Å². The number of rotatable bonds is 3. The van der Waals surface area contributed by atoms with E-state index in [-0.39, 0.29) is 17.8 Å². The van der Waals surface area contributed by atoms with Crippen LogP contribution >= 0.6 is 0 Å². The van der Waals surface area contributed by atoms with Crippen LogP contribution in [0.3, 0.4) is 0 Å². The van der Waals surface area contributed by atoms with Crippen LogP contribution in [0.25, 0.3) is 0 Å². The maximum Gasteiger partial charge on any atom is 0.317 e. The number of nitrogen functional groups attached to an aromatic ring is 1. The van der Waals surface area contributed by atoms with Crippen LogP contribution in [-0.4, -0.2) is 49.8 Å². The normalized spacial score (nSPS) is 21.2. The van der Waals surface area contributed by atoms with Gasteiger partial charge < -0.3 is 25.6 Å². The van der Waals surface area contributed by atoms with Crippen LogP contribution in [0.15, 0.2) is 12.1 Å². The maximum absolute atomic E-state index is 13.8. The molecule has 2 aliphatic heterocycles. The van der Waals surface area contributed by atoms with E-state index in [4.69, 9.17) is 10.5 Å². The molecule has 0 saturated carbocycles. The fourth-order valence-electron chi connectivity index (χ4n) is 2.92. The fraction of sp³-hybridized carbons (Fsp3) is 0.500. The van der Waals surface area contributed by atoms with E-state index in [0.717, 1.165) is 5.69 Å². The Bertz CT molecular complexity index is 566. The van der Waals surface area contributed by atoms with E-state index in [1.54, 1.807) is 6.07 Å². The van der Waals surface area contributed by atoms with Gasteiger partial charge in [0.05, 0.1) is 24.0 Å². The molecular formula is C14H19FN4O2. The Morgan fingerprint density at radius 2 is 2.29 bits per heavy atom. The summed E-state index contributed by atoms with van der Waals surface area (Å²) < 4.78 is 19.1.